The molecule has 2 heterocycles. The zero-order valence-corrected chi connectivity index (χ0v) is 11.2. The first-order chi connectivity index (χ1) is 10.3. The Morgan fingerprint density at radius 3 is 2.55 bits per heavy atom. The summed E-state index contributed by atoms with van der Waals surface area (Å²) in [5, 5.41) is 0.579. The molecule has 9 heteroatoms. The van der Waals surface area contributed by atoms with Crippen LogP contribution in [-0.4, -0.2) is 22.1 Å². The molecule has 0 saturated carbocycles. The van der Waals surface area contributed by atoms with Crippen molar-refractivity contribution < 1.29 is 27.1 Å². The maximum absolute atomic E-state index is 13.9. The zero-order chi connectivity index (χ0) is 16.1. The molecule has 0 spiro atoms. The number of alkyl halides is 3. The highest BCUT2D eigenvalue weighted by Crippen LogP contribution is 2.34. The molecule has 0 unspecified atom stereocenters. The molecule has 4 nitrogen and oxygen atoms in total. The summed E-state index contributed by atoms with van der Waals surface area (Å²) in [5.74, 6) is -3.76. The molecule has 0 fully saturated rings. The summed E-state index contributed by atoms with van der Waals surface area (Å²) in [6, 6.07) is 4.26. The summed E-state index contributed by atoms with van der Waals surface area (Å²) >= 11 is 5.65. The quantitative estimate of drug-likeness (QED) is 0.542. The predicted octanol–water partition coefficient (Wildman–Crippen LogP) is 3.98. The molecule has 3 rings (SSSR count). The van der Waals surface area contributed by atoms with Crippen LogP contribution >= 0.6 is 11.6 Å². The monoisotopic (exact) mass is 332 g/mol. The topological polar surface area (TPSA) is 55.0 Å². The van der Waals surface area contributed by atoms with Crippen molar-refractivity contribution in [1.82, 2.24) is 9.97 Å². The van der Waals surface area contributed by atoms with Crippen LogP contribution in [0.25, 0.3) is 21.8 Å². The van der Waals surface area contributed by atoms with Gasteiger partial charge in [0.1, 0.15) is 5.52 Å². The van der Waals surface area contributed by atoms with Gasteiger partial charge in [-0.1, -0.05) is 17.7 Å². The summed E-state index contributed by atoms with van der Waals surface area (Å²) < 4.78 is 55.0. The highest BCUT2D eigenvalue weighted by atomic mass is 35.5. The third-order valence-electron chi connectivity index (χ3n) is 2.97. The molecule has 2 aromatic heterocycles. The lowest BCUT2D eigenvalue weighted by atomic mass is 10.2. The summed E-state index contributed by atoms with van der Waals surface area (Å²) in [7, 11) is 0. The van der Waals surface area contributed by atoms with Crippen molar-refractivity contribution in [2.75, 3.05) is 0 Å². The molecule has 0 amide bonds. The van der Waals surface area contributed by atoms with Crippen LogP contribution in [0.3, 0.4) is 0 Å². The van der Waals surface area contributed by atoms with Crippen LogP contribution in [-0.2, 0) is 4.79 Å². The first-order valence-corrected chi connectivity index (χ1v) is 6.20. The van der Waals surface area contributed by atoms with E-state index in [9.17, 15) is 22.4 Å². The fourth-order valence-electron chi connectivity index (χ4n) is 2.03. The van der Waals surface area contributed by atoms with Crippen LogP contribution in [0.4, 0.5) is 17.6 Å². The van der Waals surface area contributed by atoms with E-state index >= 15 is 0 Å². The molecule has 1 aromatic carbocycles. The average molecular weight is 333 g/mol. The Labute approximate surface area is 124 Å². The Kier molecular flexibility index (Phi) is 3.21. The number of pyridine rings is 1. The summed E-state index contributed by atoms with van der Waals surface area (Å²) in [6.07, 6.45) is -4.01. The molecule has 3 aromatic rings. The molecular formula is C13H5ClF4N2O2. The van der Waals surface area contributed by atoms with Gasteiger partial charge in [0, 0.05) is 17.0 Å². The van der Waals surface area contributed by atoms with Gasteiger partial charge in [-0.05, 0) is 12.1 Å². The maximum Gasteiger partial charge on any atom is 0.491 e. The number of halogens is 5. The molecule has 22 heavy (non-hydrogen) atoms. The molecule has 0 aliphatic rings. The molecule has 0 bridgehead atoms. The third kappa shape index (κ3) is 2.25. The van der Waals surface area contributed by atoms with E-state index in [1.165, 1.54) is 18.2 Å². The fraction of sp³-hybridized carbons (Fsp3) is 0.0769. The minimum atomic E-state index is -5.16. The van der Waals surface area contributed by atoms with Crippen LogP contribution in [0.15, 0.2) is 24.4 Å². The van der Waals surface area contributed by atoms with E-state index in [0.29, 0.717) is 10.8 Å². The van der Waals surface area contributed by atoms with Crippen molar-refractivity contribution in [1.29, 1.82) is 0 Å². The van der Waals surface area contributed by atoms with Crippen molar-refractivity contribution in [2.45, 2.75) is 6.18 Å². The lowest BCUT2D eigenvalue weighted by molar-refractivity contribution is -0.189. The van der Waals surface area contributed by atoms with E-state index < -0.39 is 23.8 Å². The van der Waals surface area contributed by atoms with Crippen LogP contribution in [0, 0.1) is 5.82 Å². The number of aromatic amines is 1. The minimum Gasteiger partial charge on any atom is -0.398 e. The molecule has 0 atom stereocenters. The number of esters is 1. The number of rotatable bonds is 1. The Bertz CT molecular complexity index is 904. The highest BCUT2D eigenvalue weighted by Gasteiger charge is 2.42. The van der Waals surface area contributed by atoms with Gasteiger partial charge in [-0.25, -0.2) is 14.2 Å². The van der Waals surface area contributed by atoms with Gasteiger partial charge in [-0.3, -0.25) is 0 Å². The van der Waals surface area contributed by atoms with Crippen LogP contribution in [0.5, 0.6) is 5.88 Å². The van der Waals surface area contributed by atoms with Gasteiger partial charge in [0.2, 0.25) is 5.88 Å². The first-order valence-electron chi connectivity index (χ1n) is 5.82. The Hall–Kier alpha value is -2.35. The second-order valence-electron chi connectivity index (χ2n) is 4.33. The molecule has 1 N–H and O–H groups in total. The van der Waals surface area contributed by atoms with Crippen molar-refractivity contribution in [3.8, 4) is 5.88 Å². The Morgan fingerprint density at radius 1 is 1.18 bits per heavy atom. The van der Waals surface area contributed by atoms with Crippen LogP contribution < -0.4 is 4.74 Å². The number of fused-ring (bicyclic) bond motifs is 3. The number of hydrogen-bond acceptors (Lipinski definition) is 3. The van der Waals surface area contributed by atoms with E-state index in [1.807, 2.05) is 0 Å². The number of carbonyl (C=O) groups excluding carboxylic acids is 1. The molecular weight excluding hydrogens is 328 g/mol. The Balaban J connectivity index is 2.21. The SMILES string of the molecule is O=C(Oc1nccc2c1[nH]c1c(F)c(Cl)ccc12)C(F)(F)F. The van der Waals surface area contributed by atoms with Gasteiger partial charge in [-0.15, -0.1) is 0 Å². The second-order valence-corrected chi connectivity index (χ2v) is 4.74. The molecule has 0 aliphatic heterocycles. The highest BCUT2D eigenvalue weighted by molar-refractivity contribution is 6.31. The molecule has 0 saturated heterocycles. The summed E-state index contributed by atoms with van der Waals surface area (Å²) in [4.78, 5) is 17.0. The number of carbonyl (C=O) groups is 1. The summed E-state index contributed by atoms with van der Waals surface area (Å²) in [5.41, 5.74) is -0.0453. The third-order valence-corrected chi connectivity index (χ3v) is 3.26. The van der Waals surface area contributed by atoms with E-state index in [0.717, 1.165) is 6.20 Å². The lowest BCUT2D eigenvalue weighted by Gasteiger charge is -2.06. The normalized spacial score (nSPS) is 12.0. The number of nitrogens with one attached hydrogen (secondary N) is 1. The standard InChI is InChI=1S/C13H5ClF4N2O2/c14-7-2-1-5-6-3-4-19-11(22-12(21)13(16,17)18)10(6)20-9(5)8(7)15/h1-4,20H. The maximum atomic E-state index is 13.9. The van der Waals surface area contributed by atoms with E-state index in [4.69, 9.17) is 11.6 Å². The smallest absolute Gasteiger partial charge is 0.398 e. The van der Waals surface area contributed by atoms with Gasteiger partial charge >= 0.3 is 12.1 Å². The lowest BCUT2D eigenvalue weighted by Crippen LogP contribution is -2.28. The number of nitrogens with zero attached hydrogens (tertiary/aromatic N) is 1. The number of ether oxygens (including phenoxy) is 1. The molecule has 0 radical (unpaired) electrons. The average Bonchev–Trinajstić information content (AvgIpc) is 2.82. The van der Waals surface area contributed by atoms with E-state index in [2.05, 4.69) is 14.7 Å². The van der Waals surface area contributed by atoms with Gasteiger partial charge in [-0.2, -0.15) is 13.2 Å². The van der Waals surface area contributed by atoms with Crippen LogP contribution in [0.1, 0.15) is 0 Å². The van der Waals surface area contributed by atoms with Crippen molar-refractivity contribution in [3.63, 3.8) is 0 Å². The predicted molar refractivity (Wildman–Crippen MR) is 70.3 cm³/mol. The van der Waals surface area contributed by atoms with E-state index in [1.54, 1.807) is 0 Å². The fourth-order valence-corrected chi connectivity index (χ4v) is 2.19. The van der Waals surface area contributed by atoms with Crippen molar-refractivity contribution >= 4 is 39.4 Å². The van der Waals surface area contributed by atoms with Gasteiger partial charge in [0.05, 0.1) is 10.5 Å². The number of H-pyrrole nitrogens is 1. The van der Waals surface area contributed by atoms with Gasteiger partial charge in [0.15, 0.2) is 5.82 Å². The van der Waals surface area contributed by atoms with Crippen molar-refractivity contribution in [2.24, 2.45) is 0 Å². The second kappa shape index (κ2) is 4.84. The van der Waals surface area contributed by atoms with Gasteiger partial charge < -0.3 is 9.72 Å². The summed E-state index contributed by atoms with van der Waals surface area (Å²) in [6.45, 7) is 0. The first kappa shape index (κ1) is 14.6. The molecule has 0 aliphatic carbocycles. The Morgan fingerprint density at radius 2 is 1.86 bits per heavy atom. The number of benzene rings is 1. The number of aromatic nitrogens is 2. The largest absolute Gasteiger partial charge is 0.491 e. The van der Waals surface area contributed by atoms with Gasteiger partial charge in [0.25, 0.3) is 0 Å². The van der Waals surface area contributed by atoms with E-state index in [-0.39, 0.29) is 16.1 Å². The minimum absolute atomic E-state index is 0.0141. The zero-order valence-electron chi connectivity index (χ0n) is 10.5. The number of hydrogen-bond donors (Lipinski definition) is 1. The van der Waals surface area contributed by atoms with Crippen molar-refractivity contribution in [3.05, 3.63) is 35.2 Å². The molecule has 114 valence electrons. The van der Waals surface area contributed by atoms with Crippen LogP contribution in [0.2, 0.25) is 5.02 Å².